The second-order valence-corrected chi connectivity index (χ2v) is 11.0. The summed E-state index contributed by atoms with van der Waals surface area (Å²) in [5.41, 5.74) is 0. The lowest BCUT2D eigenvalue weighted by Gasteiger charge is -2.05. The average Bonchev–Trinajstić information content (AvgIpc) is 2.83. The highest BCUT2D eigenvalue weighted by Crippen LogP contribution is 2.35. The Kier molecular flexibility index (Phi) is 34.1. The standard InChI is InChI=1S/C26H54O.C2H7O5P/c1-3-5-7-9-11-13-15-17-19-21-23-25-27-26-24-22-20-18-16-14-12-10-8-6-4-2;3-1-2-7-8(4,5)6/h3-26H2,1-2H3;3H,1-2H2,(H2,4,5,6). The van der Waals surface area contributed by atoms with Crippen molar-refractivity contribution in [2.75, 3.05) is 26.4 Å². The van der Waals surface area contributed by atoms with Crippen LogP contribution < -0.4 is 0 Å². The summed E-state index contributed by atoms with van der Waals surface area (Å²) in [4.78, 5) is 15.9. The fourth-order valence-electron chi connectivity index (χ4n) is 4.00. The van der Waals surface area contributed by atoms with Gasteiger partial charge < -0.3 is 19.6 Å². The fraction of sp³-hybridized carbons (Fsp3) is 1.00. The van der Waals surface area contributed by atoms with Crippen LogP contribution in [-0.4, -0.2) is 41.3 Å². The van der Waals surface area contributed by atoms with Gasteiger partial charge in [-0.2, -0.15) is 0 Å². The Bertz CT molecular complexity index is 392. The molecule has 0 aromatic heterocycles. The molecule has 0 amide bonds. The lowest BCUT2D eigenvalue weighted by molar-refractivity contribution is 0.125. The molecule has 0 atom stereocenters. The third kappa shape index (κ3) is 41.4. The maximum atomic E-state index is 9.75. The van der Waals surface area contributed by atoms with Crippen LogP contribution in [0.25, 0.3) is 0 Å². The molecule has 0 heterocycles. The van der Waals surface area contributed by atoms with Crippen LogP contribution in [0.3, 0.4) is 0 Å². The number of rotatable bonds is 27. The topological polar surface area (TPSA) is 96.2 Å². The molecule has 0 unspecified atom stereocenters. The SMILES string of the molecule is CCCCCCCCCCCCCOCCCCCCCCCCCCC.O=P(O)(O)OCCO. The van der Waals surface area contributed by atoms with E-state index in [4.69, 9.17) is 19.6 Å². The Morgan fingerprint density at radius 3 is 1.00 bits per heavy atom. The summed E-state index contributed by atoms with van der Waals surface area (Å²) in [6.45, 7) is 5.86. The second-order valence-electron chi connectivity index (χ2n) is 9.73. The van der Waals surface area contributed by atoms with Crippen molar-refractivity contribution >= 4 is 7.82 Å². The third-order valence-corrected chi connectivity index (χ3v) is 6.65. The first kappa shape index (κ1) is 37.2. The molecular formula is C28H61O6P. The van der Waals surface area contributed by atoms with Crippen molar-refractivity contribution < 1.29 is 28.7 Å². The predicted octanol–water partition coefficient (Wildman–Crippen LogP) is 8.71. The van der Waals surface area contributed by atoms with Crippen molar-refractivity contribution in [3.05, 3.63) is 0 Å². The predicted molar refractivity (Wildman–Crippen MR) is 149 cm³/mol. The Morgan fingerprint density at radius 1 is 0.486 bits per heavy atom. The highest BCUT2D eigenvalue weighted by Gasteiger charge is 2.11. The van der Waals surface area contributed by atoms with Crippen molar-refractivity contribution in [1.82, 2.24) is 0 Å². The third-order valence-electron chi connectivity index (χ3n) is 6.14. The van der Waals surface area contributed by atoms with E-state index in [0.29, 0.717) is 0 Å². The summed E-state index contributed by atoms with van der Waals surface area (Å²) >= 11 is 0. The smallest absolute Gasteiger partial charge is 0.394 e. The van der Waals surface area contributed by atoms with Crippen molar-refractivity contribution in [2.45, 2.75) is 155 Å². The summed E-state index contributed by atoms with van der Waals surface area (Å²) in [5.74, 6) is 0. The minimum atomic E-state index is -4.34. The normalized spacial score (nSPS) is 11.5. The van der Waals surface area contributed by atoms with Crippen molar-refractivity contribution in [1.29, 1.82) is 0 Å². The van der Waals surface area contributed by atoms with E-state index in [1.54, 1.807) is 0 Å². The van der Waals surface area contributed by atoms with E-state index in [-0.39, 0.29) is 13.2 Å². The molecule has 0 saturated heterocycles. The molecule has 0 saturated carbocycles. The highest BCUT2D eigenvalue weighted by atomic mass is 31.2. The van der Waals surface area contributed by atoms with Crippen LogP contribution in [0.2, 0.25) is 0 Å². The van der Waals surface area contributed by atoms with Gasteiger partial charge in [0.15, 0.2) is 0 Å². The maximum absolute atomic E-state index is 9.75. The number of aliphatic hydroxyl groups is 1. The van der Waals surface area contributed by atoms with E-state index >= 15 is 0 Å². The lowest BCUT2D eigenvalue weighted by Crippen LogP contribution is -1.97. The number of hydrogen-bond acceptors (Lipinski definition) is 4. The van der Waals surface area contributed by atoms with Crippen molar-refractivity contribution in [3.8, 4) is 0 Å². The molecule has 0 aliphatic heterocycles. The van der Waals surface area contributed by atoms with E-state index < -0.39 is 7.82 Å². The van der Waals surface area contributed by atoms with E-state index in [2.05, 4.69) is 18.4 Å². The van der Waals surface area contributed by atoms with Crippen LogP contribution >= 0.6 is 7.82 Å². The zero-order chi connectivity index (χ0) is 26.3. The first-order chi connectivity index (χ1) is 17.0. The molecule has 7 heteroatoms. The molecule has 0 aromatic carbocycles. The molecule has 0 rings (SSSR count). The van der Waals surface area contributed by atoms with Crippen LogP contribution in [0.4, 0.5) is 0 Å². The van der Waals surface area contributed by atoms with Gasteiger partial charge in [0.2, 0.25) is 0 Å². The van der Waals surface area contributed by atoms with E-state index in [0.717, 1.165) is 13.2 Å². The zero-order valence-corrected chi connectivity index (χ0v) is 24.3. The number of phosphoric ester groups is 1. The van der Waals surface area contributed by atoms with Crippen LogP contribution in [0, 0.1) is 0 Å². The van der Waals surface area contributed by atoms with Crippen molar-refractivity contribution in [2.24, 2.45) is 0 Å². The molecule has 35 heavy (non-hydrogen) atoms. The molecule has 0 aliphatic rings. The first-order valence-electron chi connectivity index (χ1n) is 14.9. The van der Waals surface area contributed by atoms with Gasteiger partial charge in [0.1, 0.15) is 0 Å². The second kappa shape index (κ2) is 32.1. The number of unbranched alkanes of at least 4 members (excludes halogenated alkanes) is 20. The summed E-state index contributed by atoms with van der Waals surface area (Å²) in [7, 11) is -4.34. The van der Waals surface area contributed by atoms with Crippen LogP contribution in [0.15, 0.2) is 0 Å². The lowest BCUT2D eigenvalue weighted by atomic mass is 10.1. The molecule has 214 valence electrons. The van der Waals surface area contributed by atoms with Crippen LogP contribution in [-0.2, 0) is 13.8 Å². The van der Waals surface area contributed by atoms with E-state index in [9.17, 15) is 4.57 Å². The minimum absolute atomic E-state index is 0.329. The Hall–Kier alpha value is 0.0300. The van der Waals surface area contributed by atoms with Gasteiger partial charge in [-0.1, -0.05) is 142 Å². The van der Waals surface area contributed by atoms with Crippen molar-refractivity contribution in [3.63, 3.8) is 0 Å². The van der Waals surface area contributed by atoms with Gasteiger partial charge in [-0.3, -0.25) is 4.52 Å². The largest absolute Gasteiger partial charge is 0.469 e. The molecule has 6 nitrogen and oxygen atoms in total. The van der Waals surface area contributed by atoms with Crippen LogP contribution in [0.1, 0.15) is 155 Å². The molecule has 0 spiro atoms. The summed E-state index contributed by atoms with van der Waals surface area (Å²) in [5, 5.41) is 7.96. The molecule has 0 aromatic rings. The van der Waals surface area contributed by atoms with Gasteiger partial charge in [-0.05, 0) is 12.8 Å². The zero-order valence-electron chi connectivity index (χ0n) is 23.4. The Balaban J connectivity index is 0. The minimum Gasteiger partial charge on any atom is -0.394 e. The molecule has 0 fully saturated rings. The molecule has 0 bridgehead atoms. The van der Waals surface area contributed by atoms with Gasteiger partial charge in [0.05, 0.1) is 13.2 Å². The molecule has 0 radical (unpaired) electrons. The number of hydrogen-bond donors (Lipinski definition) is 3. The Morgan fingerprint density at radius 2 is 0.771 bits per heavy atom. The monoisotopic (exact) mass is 524 g/mol. The quantitative estimate of drug-likeness (QED) is 0.0734. The van der Waals surface area contributed by atoms with Gasteiger partial charge in [0.25, 0.3) is 0 Å². The number of phosphoric acid groups is 1. The first-order valence-corrected chi connectivity index (χ1v) is 16.4. The highest BCUT2D eigenvalue weighted by molar-refractivity contribution is 7.46. The Labute approximate surface area is 218 Å². The van der Waals surface area contributed by atoms with Gasteiger partial charge >= 0.3 is 7.82 Å². The van der Waals surface area contributed by atoms with Gasteiger partial charge in [-0.25, -0.2) is 4.57 Å². The summed E-state index contributed by atoms with van der Waals surface area (Å²) in [6, 6.07) is 0. The van der Waals surface area contributed by atoms with E-state index in [1.165, 1.54) is 141 Å². The van der Waals surface area contributed by atoms with E-state index in [1.807, 2.05) is 0 Å². The summed E-state index contributed by atoms with van der Waals surface area (Å²) < 4.78 is 19.3. The number of aliphatic hydroxyl groups excluding tert-OH is 1. The molecular weight excluding hydrogens is 463 g/mol. The van der Waals surface area contributed by atoms with Gasteiger partial charge in [0, 0.05) is 13.2 Å². The van der Waals surface area contributed by atoms with Crippen LogP contribution in [0.5, 0.6) is 0 Å². The molecule has 0 aliphatic carbocycles. The number of ether oxygens (including phenoxy) is 1. The van der Waals surface area contributed by atoms with Gasteiger partial charge in [-0.15, -0.1) is 0 Å². The fourth-order valence-corrected chi connectivity index (χ4v) is 4.32. The average molecular weight is 525 g/mol. The molecule has 3 N–H and O–H groups in total. The summed E-state index contributed by atoms with van der Waals surface area (Å²) in [6.07, 6.45) is 31.1. The maximum Gasteiger partial charge on any atom is 0.469 e.